The van der Waals surface area contributed by atoms with Crippen LogP contribution in [0.15, 0.2) is 42.5 Å². The summed E-state index contributed by atoms with van der Waals surface area (Å²) in [5.74, 6) is -4.69. The van der Waals surface area contributed by atoms with E-state index >= 15 is 0 Å². The minimum Gasteiger partial charge on any atom is -0.491 e. The molecule has 1 saturated heterocycles. The number of aldehydes is 1. The summed E-state index contributed by atoms with van der Waals surface area (Å²) in [4.78, 5) is 71.3. The third kappa shape index (κ3) is 15.6. The Balaban J connectivity index is 0.000000360. The van der Waals surface area contributed by atoms with E-state index in [1.54, 1.807) is 18.2 Å². The summed E-state index contributed by atoms with van der Waals surface area (Å²) in [6.45, 7) is 8.89. The van der Waals surface area contributed by atoms with E-state index in [1.165, 1.54) is 13.0 Å². The van der Waals surface area contributed by atoms with Gasteiger partial charge in [0.25, 0.3) is 0 Å². The molecular weight excluding hydrogens is 711 g/mol. The Bertz CT molecular complexity index is 1470. The van der Waals surface area contributed by atoms with Crippen molar-refractivity contribution in [1.29, 1.82) is 0 Å². The number of halogens is 2. The Labute approximate surface area is 305 Å². The molecule has 15 nitrogen and oxygen atoms in total. The first-order chi connectivity index (χ1) is 24.2. The van der Waals surface area contributed by atoms with Crippen molar-refractivity contribution in [1.82, 2.24) is 20.9 Å². The van der Waals surface area contributed by atoms with Gasteiger partial charge in [-0.15, -0.1) is 0 Å². The fraction of sp³-hybridized carbons (Fsp3) is 0.471. The van der Waals surface area contributed by atoms with Crippen LogP contribution in [0.3, 0.4) is 0 Å². The molecule has 0 aromatic heterocycles. The Morgan fingerprint density at radius 2 is 1.63 bits per heavy atom. The summed E-state index contributed by atoms with van der Waals surface area (Å²) in [6, 6.07) is 10.3. The van der Waals surface area contributed by atoms with Crippen LogP contribution < -0.4 is 20.7 Å². The first kappa shape index (κ1) is 42.7. The lowest BCUT2D eigenvalue weighted by Crippen LogP contribution is -2.53. The minimum absolute atomic E-state index is 0.0546. The van der Waals surface area contributed by atoms with Crippen molar-refractivity contribution in [2.45, 2.75) is 51.8 Å². The van der Waals surface area contributed by atoms with Crippen molar-refractivity contribution < 1.29 is 53.2 Å². The highest BCUT2D eigenvalue weighted by atomic mass is 35.5. The second-order valence-electron chi connectivity index (χ2n) is 11.8. The molecule has 1 aliphatic rings. The third-order valence-electron chi connectivity index (χ3n) is 7.27. The van der Waals surface area contributed by atoms with Crippen molar-refractivity contribution in [3.8, 4) is 5.75 Å². The van der Waals surface area contributed by atoms with Gasteiger partial charge in [0.15, 0.2) is 0 Å². The lowest BCUT2D eigenvalue weighted by atomic mass is 10.0. The number of carboxylic acids is 2. The number of rotatable bonds is 17. The number of morpholine rings is 1. The number of carboxylic acid groups (broad SMARTS) is 2. The molecular formula is C34H44Cl2N4O11. The molecule has 3 amide bonds. The average molecular weight is 756 g/mol. The lowest BCUT2D eigenvalue weighted by Gasteiger charge is -2.26. The monoisotopic (exact) mass is 754 g/mol. The zero-order valence-electron chi connectivity index (χ0n) is 28.6. The van der Waals surface area contributed by atoms with E-state index in [9.17, 15) is 28.8 Å². The Morgan fingerprint density at radius 3 is 2.22 bits per heavy atom. The van der Waals surface area contributed by atoms with Crippen LogP contribution in [-0.2, 0) is 40.1 Å². The largest absolute Gasteiger partial charge is 0.491 e. The quantitative estimate of drug-likeness (QED) is 0.117. The normalized spacial score (nSPS) is 14.5. The lowest BCUT2D eigenvalue weighted by molar-refractivity contribution is -0.140. The zero-order chi connectivity index (χ0) is 37.9. The van der Waals surface area contributed by atoms with Crippen LogP contribution in [0.25, 0.3) is 0 Å². The van der Waals surface area contributed by atoms with E-state index in [-0.39, 0.29) is 28.1 Å². The number of carbonyl (C=O) groups is 6. The number of ether oxygens (including phenoxy) is 3. The zero-order valence-corrected chi connectivity index (χ0v) is 30.1. The van der Waals surface area contributed by atoms with Crippen molar-refractivity contribution in [2.75, 3.05) is 46.0 Å². The number of hydrogen-bond donors (Lipinski definition) is 5. The first-order valence-electron chi connectivity index (χ1n) is 16.1. The molecule has 51 heavy (non-hydrogen) atoms. The molecule has 280 valence electrons. The molecule has 2 aromatic carbocycles. The van der Waals surface area contributed by atoms with E-state index < -0.39 is 54.4 Å². The molecule has 0 saturated carbocycles. The van der Waals surface area contributed by atoms with Crippen LogP contribution in [0.5, 0.6) is 5.75 Å². The maximum Gasteiger partial charge on any atom is 0.408 e. The van der Waals surface area contributed by atoms with Crippen molar-refractivity contribution in [3.05, 3.63) is 63.6 Å². The van der Waals surface area contributed by atoms with E-state index in [2.05, 4.69) is 20.9 Å². The summed E-state index contributed by atoms with van der Waals surface area (Å²) in [5.41, 5.74) is 0.863. The molecule has 0 aliphatic carbocycles. The number of aliphatic carboxylic acids is 2. The standard InChI is InChI=1S/C19H27N3O6.C15H17Cl2NO5/c1-12(2)9-15(18(26)20-10-16(23)24)22-17(25)13(3)21-19(27)28-11-14-7-5-4-6-8-14;16-11-1-2-12(14(17)13(11)10(9-19)15(20)21)23-8-5-18-3-6-22-7-4-18/h4-8,12-13,15H,9-11H2,1-3H3,(H,20,26)(H,21,27)(H,22,25)(H,23,24);1-2,9-10H,3-8H2,(H,20,21)/t13-,15+;/m1./s1. The maximum atomic E-state index is 12.3. The molecule has 5 N–H and O–H groups in total. The van der Waals surface area contributed by atoms with Gasteiger partial charge in [-0.2, -0.15) is 0 Å². The molecule has 3 rings (SSSR count). The summed E-state index contributed by atoms with van der Waals surface area (Å²) in [6.07, 6.45) is -0.141. The molecule has 0 spiro atoms. The van der Waals surface area contributed by atoms with Gasteiger partial charge in [0.05, 0.1) is 18.2 Å². The SMILES string of the molecule is CC(C)C[C@H](NC(=O)[C@@H](C)NC(=O)OCc1ccccc1)C(=O)NCC(=O)O.O=CC(C(=O)O)c1c(Cl)ccc(OCCN2CCOCC2)c1Cl. The van der Waals surface area contributed by atoms with E-state index in [0.29, 0.717) is 44.8 Å². The van der Waals surface area contributed by atoms with Gasteiger partial charge >= 0.3 is 18.0 Å². The van der Waals surface area contributed by atoms with Gasteiger partial charge in [-0.25, -0.2) is 4.79 Å². The number of alkyl carbamates (subject to hydrolysis) is 1. The molecule has 0 radical (unpaired) electrons. The summed E-state index contributed by atoms with van der Waals surface area (Å²) in [5, 5.41) is 25.1. The number of hydrogen-bond acceptors (Lipinski definition) is 10. The molecule has 1 heterocycles. The highest BCUT2D eigenvalue weighted by Crippen LogP contribution is 2.37. The van der Waals surface area contributed by atoms with Crippen LogP contribution in [0.4, 0.5) is 4.79 Å². The maximum absolute atomic E-state index is 12.3. The van der Waals surface area contributed by atoms with Gasteiger partial charge in [-0.1, -0.05) is 67.4 Å². The van der Waals surface area contributed by atoms with Gasteiger partial charge in [0.2, 0.25) is 11.8 Å². The number of benzene rings is 2. The molecule has 17 heteroatoms. The highest BCUT2D eigenvalue weighted by molar-refractivity contribution is 6.37. The van der Waals surface area contributed by atoms with E-state index in [0.717, 1.165) is 18.7 Å². The smallest absolute Gasteiger partial charge is 0.408 e. The average Bonchev–Trinajstić information content (AvgIpc) is 3.09. The fourth-order valence-electron chi connectivity index (χ4n) is 4.60. The topological polar surface area (TPSA) is 210 Å². The Hall–Kier alpha value is -4.44. The number of nitrogens with zero attached hydrogens (tertiary/aromatic N) is 1. The van der Waals surface area contributed by atoms with Gasteiger partial charge in [-0.05, 0) is 37.0 Å². The molecule has 1 fully saturated rings. The second-order valence-corrected chi connectivity index (χ2v) is 12.5. The minimum atomic E-state index is -1.42. The number of carbonyl (C=O) groups excluding carboxylic acids is 4. The van der Waals surface area contributed by atoms with Crippen LogP contribution in [0, 0.1) is 5.92 Å². The molecule has 0 bridgehead atoms. The van der Waals surface area contributed by atoms with Gasteiger partial charge in [0.1, 0.15) is 49.8 Å². The molecule has 1 unspecified atom stereocenters. The Morgan fingerprint density at radius 1 is 0.961 bits per heavy atom. The van der Waals surface area contributed by atoms with E-state index in [4.69, 9.17) is 47.6 Å². The van der Waals surface area contributed by atoms with Gasteiger partial charge in [0, 0.05) is 30.2 Å². The summed E-state index contributed by atoms with van der Waals surface area (Å²) < 4.78 is 16.0. The van der Waals surface area contributed by atoms with Crippen molar-refractivity contribution in [3.63, 3.8) is 0 Å². The second kappa shape index (κ2) is 22.4. The van der Waals surface area contributed by atoms with Gasteiger partial charge < -0.3 is 45.2 Å². The first-order valence-corrected chi connectivity index (χ1v) is 16.8. The van der Waals surface area contributed by atoms with Crippen molar-refractivity contribution in [2.24, 2.45) is 5.92 Å². The summed E-state index contributed by atoms with van der Waals surface area (Å²) >= 11 is 12.2. The third-order valence-corrected chi connectivity index (χ3v) is 7.99. The molecule has 3 atom stereocenters. The molecule has 1 aliphatic heterocycles. The van der Waals surface area contributed by atoms with Crippen LogP contribution in [0.2, 0.25) is 10.0 Å². The Kier molecular flexibility index (Phi) is 18.8. The molecule has 2 aromatic rings. The van der Waals surface area contributed by atoms with Gasteiger partial charge in [-0.3, -0.25) is 24.1 Å². The van der Waals surface area contributed by atoms with Crippen LogP contribution in [-0.4, -0.2) is 109 Å². The predicted molar refractivity (Wildman–Crippen MR) is 187 cm³/mol. The van der Waals surface area contributed by atoms with Crippen LogP contribution >= 0.6 is 23.2 Å². The summed E-state index contributed by atoms with van der Waals surface area (Å²) in [7, 11) is 0. The highest BCUT2D eigenvalue weighted by Gasteiger charge is 2.27. The van der Waals surface area contributed by atoms with Crippen LogP contribution in [0.1, 0.15) is 44.2 Å². The number of amides is 3. The fourth-order valence-corrected chi connectivity index (χ4v) is 5.26. The van der Waals surface area contributed by atoms with Crippen molar-refractivity contribution >= 4 is 59.3 Å². The number of nitrogens with one attached hydrogen (secondary N) is 3. The van der Waals surface area contributed by atoms with E-state index in [1.807, 2.05) is 32.0 Å². The predicted octanol–water partition coefficient (Wildman–Crippen LogP) is 3.10.